The van der Waals surface area contributed by atoms with Gasteiger partial charge >= 0.3 is 0 Å². The first-order chi connectivity index (χ1) is 10.2. The van der Waals surface area contributed by atoms with Crippen molar-refractivity contribution in [3.8, 4) is 0 Å². The van der Waals surface area contributed by atoms with E-state index in [1.807, 2.05) is 10.6 Å². The molecule has 1 aliphatic rings. The summed E-state index contributed by atoms with van der Waals surface area (Å²) in [5, 5.41) is 13.3. The molecule has 21 heavy (non-hydrogen) atoms. The number of hydrogen-bond acceptors (Lipinski definition) is 3. The van der Waals surface area contributed by atoms with Crippen molar-refractivity contribution in [2.75, 3.05) is 6.54 Å². The smallest absolute Gasteiger partial charge is 0.163 e. The first-order valence-corrected chi connectivity index (χ1v) is 8.16. The van der Waals surface area contributed by atoms with E-state index in [-0.39, 0.29) is 18.0 Å². The van der Waals surface area contributed by atoms with Gasteiger partial charge in [-0.05, 0) is 60.3 Å². The molecule has 4 nitrogen and oxygen atoms in total. The summed E-state index contributed by atoms with van der Waals surface area (Å²) in [7, 11) is 0. The molecule has 6 heteroatoms. The average molecular weight is 356 g/mol. The number of aromatic nitrogens is 2. The summed E-state index contributed by atoms with van der Waals surface area (Å²) in [6.07, 6.45) is 5.09. The van der Waals surface area contributed by atoms with Crippen molar-refractivity contribution in [2.45, 2.75) is 44.4 Å². The van der Waals surface area contributed by atoms with Gasteiger partial charge in [0, 0.05) is 12.6 Å². The van der Waals surface area contributed by atoms with E-state index in [1.54, 1.807) is 12.4 Å². The summed E-state index contributed by atoms with van der Waals surface area (Å²) >= 11 is 3.21. The summed E-state index contributed by atoms with van der Waals surface area (Å²) in [4.78, 5) is 4.24. The van der Waals surface area contributed by atoms with E-state index < -0.39 is 0 Å². The zero-order chi connectivity index (χ0) is 14.8. The van der Waals surface area contributed by atoms with Crippen LogP contribution in [0, 0.1) is 5.82 Å². The predicted octanol–water partition coefficient (Wildman–Crippen LogP) is 2.83. The topological polar surface area (TPSA) is 50.1 Å². The largest absolute Gasteiger partial charge is 0.392 e. The molecule has 0 amide bonds. The van der Waals surface area contributed by atoms with Crippen molar-refractivity contribution in [3.63, 3.8) is 0 Å². The fourth-order valence-electron chi connectivity index (χ4n) is 2.98. The third kappa shape index (κ3) is 3.12. The van der Waals surface area contributed by atoms with Crippen LogP contribution in [-0.4, -0.2) is 33.3 Å². The first kappa shape index (κ1) is 14.9. The Labute approximate surface area is 131 Å². The van der Waals surface area contributed by atoms with E-state index in [0.29, 0.717) is 22.1 Å². The molecule has 0 aliphatic carbocycles. The second kappa shape index (κ2) is 6.42. The zero-order valence-electron chi connectivity index (χ0n) is 11.7. The number of aliphatic hydroxyl groups is 1. The Hall–Kier alpha value is -0.980. The Balaban J connectivity index is 1.67. The molecule has 0 unspecified atom stereocenters. The van der Waals surface area contributed by atoms with Gasteiger partial charge in [0.1, 0.15) is 5.52 Å². The van der Waals surface area contributed by atoms with E-state index >= 15 is 0 Å². The minimum Gasteiger partial charge on any atom is -0.392 e. The molecule has 2 atom stereocenters. The van der Waals surface area contributed by atoms with Crippen molar-refractivity contribution < 1.29 is 9.50 Å². The molecule has 1 fully saturated rings. The Bertz CT molecular complexity index is 631. The number of rotatable bonds is 4. The van der Waals surface area contributed by atoms with E-state index in [9.17, 15) is 9.50 Å². The Kier molecular flexibility index (Phi) is 4.57. The highest BCUT2D eigenvalue weighted by Crippen LogP contribution is 2.24. The maximum absolute atomic E-state index is 14.2. The van der Waals surface area contributed by atoms with Crippen molar-refractivity contribution >= 4 is 27.0 Å². The van der Waals surface area contributed by atoms with Gasteiger partial charge < -0.3 is 15.0 Å². The lowest BCUT2D eigenvalue weighted by Crippen LogP contribution is -2.44. The van der Waals surface area contributed by atoms with Gasteiger partial charge in [0.2, 0.25) is 0 Å². The molecule has 0 radical (unpaired) electrons. The molecule has 1 aromatic carbocycles. The normalized spacial score (nSPS) is 22.8. The monoisotopic (exact) mass is 355 g/mol. The highest BCUT2D eigenvalue weighted by Gasteiger charge is 2.21. The van der Waals surface area contributed by atoms with Crippen LogP contribution >= 0.6 is 15.9 Å². The molecule has 1 saturated heterocycles. The number of hydrogen-bond donors (Lipinski definition) is 2. The van der Waals surface area contributed by atoms with Gasteiger partial charge in [-0.3, -0.25) is 0 Å². The number of aliphatic hydroxyl groups excluding tert-OH is 1. The lowest BCUT2D eigenvalue weighted by Gasteiger charge is -2.29. The molecule has 3 rings (SSSR count). The lowest BCUT2D eigenvalue weighted by atomic mass is 9.97. The molecular weight excluding hydrogens is 337 g/mol. The second-order valence-corrected chi connectivity index (χ2v) is 6.43. The van der Waals surface area contributed by atoms with Gasteiger partial charge in [-0.2, -0.15) is 0 Å². The molecular formula is C15H19BrFN3O. The van der Waals surface area contributed by atoms with Crippen molar-refractivity contribution in [1.29, 1.82) is 0 Å². The van der Waals surface area contributed by atoms with Gasteiger partial charge in [0.25, 0.3) is 0 Å². The summed E-state index contributed by atoms with van der Waals surface area (Å²) in [6.45, 7) is 1.67. The fraction of sp³-hybridized carbons (Fsp3) is 0.533. The van der Waals surface area contributed by atoms with Crippen LogP contribution in [0.1, 0.15) is 25.7 Å². The average Bonchev–Trinajstić information content (AvgIpc) is 2.89. The number of halogens is 2. The maximum Gasteiger partial charge on any atom is 0.163 e. The Morgan fingerprint density at radius 1 is 1.48 bits per heavy atom. The number of nitrogens with one attached hydrogen (secondary N) is 1. The molecule has 2 heterocycles. The molecule has 0 bridgehead atoms. The van der Waals surface area contributed by atoms with Crippen LogP contribution in [-0.2, 0) is 6.54 Å². The highest BCUT2D eigenvalue weighted by atomic mass is 79.9. The SMILES string of the molecule is O[C@H]1CCCN[C@@H]1CCCn1cnc2ccc(Br)c(F)c21. The molecule has 2 aromatic rings. The Morgan fingerprint density at radius 2 is 2.33 bits per heavy atom. The number of benzene rings is 1. The molecule has 1 aromatic heterocycles. The number of aryl methyl sites for hydroxylation is 1. The van der Waals surface area contributed by atoms with Crippen LogP contribution in [0.25, 0.3) is 11.0 Å². The summed E-state index contributed by atoms with van der Waals surface area (Å²) in [6, 6.07) is 3.65. The lowest BCUT2D eigenvalue weighted by molar-refractivity contribution is 0.0909. The maximum atomic E-state index is 14.2. The van der Waals surface area contributed by atoms with Crippen LogP contribution in [0.3, 0.4) is 0 Å². The fourth-order valence-corrected chi connectivity index (χ4v) is 3.30. The van der Waals surface area contributed by atoms with Crippen LogP contribution in [0.5, 0.6) is 0 Å². The first-order valence-electron chi connectivity index (χ1n) is 7.37. The van der Waals surface area contributed by atoms with Crippen molar-refractivity contribution in [3.05, 3.63) is 28.7 Å². The molecule has 2 N–H and O–H groups in total. The number of nitrogens with zero attached hydrogens (tertiary/aromatic N) is 2. The third-order valence-corrected chi connectivity index (χ3v) is 4.75. The number of fused-ring (bicyclic) bond motifs is 1. The quantitative estimate of drug-likeness (QED) is 0.886. The van der Waals surface area contributed by atoms with Crippen LogP contribution in [0.4, 0.5) is 4.39 Å². The third-order valence-electron chi connectivity index (χ3n) is 4.13. The van der Waals surface area contributed by atoms with Crippen molar-refractivity contribution in [1.82, 2.24) is 14.9 Å². The number of piperidine rings is 1. The Morgan fingerprint density at radius 3 is 3.14 bits per heavy atom. The highest BCUT2D eigenvalue weighted by molar-refractivity contribution is 9.10. The summed E-state index contributed by atoms with van der Waals surface area (Å²) in [5.41, 5.74) is 1.22. The molecule has 1 aliphatic heterocycles. The van der Waals surface area contributed by atoms with Crippen LogP contribution in [0.15, 0.2) is 22.9 Å². The standard InChI is InChI=1S/C15H19BrFN3O/c16-10-5-6-12-15(14(10)17)20(9-19-12)8-2-3-11-13(21)4-1-7-18-11/h5-6,9,11,13,18,21H,1-4,7-8H2/t11-,13+/m1/s1. The molecule has 114 valence electrons. The number of imidazole rings is 1. The molecule has 0 spiro atoms. The van der Waals surface area contributed by atoms with Gasteiger partial charge in [-0.25, -0.2) is 9.37 Å². The van der Waals surface area contributed by atoms with Gasteiger partial charge in [-0.1, -0.05) is 0 Å². The van der Waals surface area contributed by atoms with Crippen LogP contribution in [0.2, 0.25) is 0 Å². The second-order valence-electron chi connectivity index (χ2n) is 5.58. The predicted molar refractivity (Wildman–Crippen MR) is 83.7 cm³/mol. The molecule has 0 saturated carbocycles. The zero-order valence-corrected chi connectivity index (χ0v) is 13.3. The van der Waals surface area contributed by atoms with Crippen LogP contribution < -0.4 is 5.32 Å². The van der Waals surface area contributed by atoms with E-state index in [2.05, 4.69) is 26.2 Å². The minimum atomic E-state index is -0.263. The van der Waals surface area contributed by atoms with Gasteiger partial charge in [-0.15, -0.1) is 0 Å². The minimum absolute atomic E-state index is 0.158. The van der Waals surface area contributed by atoms with E-state index in [4.69, 9.17) is 0 Å². The van der Waals surface area contributed by atoms with E-state index in [1.165, 1.54) is 0 Å². The summed E-state index contributed by atoms with van der Waals surface area (Å²) < 4.78 is 16.5. The van der Waals surface area contributed by atoms with E-state index in [0.717, 1.165) is 32.2 Å². The van der Waals surface area contributed by atoms with Gasteiger partial charge in [0.15, 0.2) is 5.82 Å². The van der Waals surface area contributed by atoms with Gasteiger partial charge in [0.05, 0.1) is 22.4 Å². The summed E-state index contributed by atoms with van der Waals surface area (Å²) in [5.74, 6) is -0.263. The van der Waals surface area contributed by atoms with Crippen molar-refractivity contribution in [2.24, 2.45) is 0 Å².